The lowest BCUT2D eigenvalue weighted by molar-refractivity contribution is -0.274. The predicted molar refractivity (Wildman–Crippen MR) is 131 cm³/mol. The molecule has 4 fully saturated rings. The van der Waals surface area contributed by atoms with Gasteiger partial charge < -0.3 is 29.9 Å². The molecular formula is C28H48O7. The lowest BCUT2D eigenvalue weighted by atomic mass is 9.43. The van der Waals surface area contributed by atoms with Gasteiger partial charge in [0.1, 0.15) is 0 Å². The Morgan fingerprint density at radius 1 is 1.11 bits per heavy atom. The van der Waals surface area contributed by atoms with Crippen LogP contribution in [0.1, 0.15) is 85.0 Å². The Labute approximate surface area is 210 Å². The predicted octanol–water partition coefficient (Wildman–Crippen LogP) is 3.26. The molecule has 0 bridgehead atoms. The maximum atomic E-state index is 11.7. The number of methoxy groups -OCH3 is 1. The zero-order valence-electron chi connectivity index (χ0n) is 22.1. The minimum absolute atomic E-state index is 0.0417. The summed E-state index contributed by atoms with van der Waals surface area (Å²) in [4.78, 5) is 11.7. The lowest BCUT2D eigenvalue weighted by Crippen LogP contribution is -2.63. The Balaban J connectivity index is 1.52. The molecule has 0 unspecified atom stereocenters. The molecule has 11 atom stereocenters. The van der Waals surface area contributed by atoms with Crippen LogP contribution < -0.4 is 0 Å². The number of ether oxygens (including phenoxy) is 2. The minimum Gasteiger partial charge on any atom is -0.469 e. The molecule has 4 aliphatic carbocycles. The highest BCUT2D eigenvalue weighted by Crippen LogP contribution is 2.69. The van der Waals surface area contributed by atoms with E-state index in [2.05, 4.69) is 20.8 Å². The van der Waals surface area contributed by atoms with Gasteiger partial charge in [-0.2, -0.15) is 0 Å². The molecule has 0 heterocycles. The Bertz CT molecular complexity index is 760. The molecule has 7 nitrogen and oxygen atoms in total. The van der Waals surface area contributed by atoms with Crippen molar-refractivity contribution in [2.45, 2.75) is 103 Å². The summed E-state index contributed by atoms with van der Waals surface area (Å²) in [5.74, 6) is 0.0266. The van der Waals surface area contributed by atoms with Crippen LogP contribution in [0.15, 0.2) is 0 Å². The average Bonchev–Trinajstić information content (AvgIpc) is 3.18. The molecule has 0 aromatic carbocycles. The van der Waals surface area contributed by atoms with Crippen molar-refractivity contribution >= 4 is 5.97 Å². The molecule has 202 valence electrons. The standard InChI is InChI=1S/C28H48O7/c1-17(6-9-24(32)34-4)19-7-8-20-25-21(15-23(31)27(19,20)3)26(2)10-11-28(33,35-13-5-12-29)16-18(26)14-22(25)30/h17-23,25,29-31,33H,5-16H2,1-4H3/t17-,18-,19-,20+,21+,22-,23+,25+,26+,27-,28+/m1/s1. The minimum atomic E-state index is -1.19. The van der Waals surface area contributed by atoms with E-state index in [1.165, 1.54) is 7.11 Å². The quantitative estimate of drug-likeness (QED) is 0.231. The number of aliphatic hydroxyl groups is 4. The van der Waals surface area contributed by atoms with E-state index in [1.54, 1.807) is 0 Å². The van der Waals surface area contributed by atoms with Crippen molar-refractivity contribution in [2.24, 2.45) is 46.3 Å². The fourth-order valence-electron chi connectivity index (χ4n) is 9.22. The van der Waals surface area contributed by atoms with Crippen LogP contribution in [0.4, 0.5) is 0 Å². The zero-order valence-corrected chi connectivity index (χ0v) is 22.1. The highest BCUT2D eigenvalue weighted by atomic mass is 16.6. The van der Waals surface area contributed by atoms with Gasteiger partial charge in [-0.1, -0.05) is 20.8 Å². The number of fused-ring (bicyclic) bond motifs is 5. The van der Waals surface area contributed by atoms with Crippen molar-refractivity contribution in [2.75, 3.05) is 20.3 Å². The van der Waals surface area contributed by atoms with E-state index in [0.29, 0.717) is 57.0 Å². The van der Waals surface area contributed by atoms with Gasteiger partial charge in [-0.15, -0.1) is 0 Å². The van der Waals surface area contributed by atoms with Crippen molar-refractivity contribution in [1.82, 2.24) is 0 Å². The zero-order chi connectivity index (χ0) is 25.6. The summed E-state index contributed by atoms with van der Waals surface area (Å²) in [6.07, 6.45) is 6.03. The molecular weight excluding hydrogens is 448 g/mol. The molecule has 0 radical (unpaired) electrons. The molecule has 0 aliphatic heterocycles. The van der Waals surface area contributed by atoms with E-state index in [0.717, 1.165) is 25.7 Å². The van der Waals surface area contributed by atoms with Crippen molar-refractivity contribution in [3.63, 3.8) is 0 Å². The molecule has 0 spiro atoms. The van der Waals surface area contributed by atoms with E-state index in [1.807, 2.05) is 0 Å². The molecule has 7 heteroatoms. The van der Waals surface area contributed by atoms with Gasteiger partial charge in [0.05, 0.1) is 25.9 Å². The van der Waals surface area contributed by atoms with Gasteiger partial charge in [0, 0.05) is 25.9 Å². The molecule has 4 aliphatic rings. The van der Waals surface area contributed by atoms with Crippen molar-refractivity contribution in [3.8, 4) is 0 Å². The van der Waals surface area contributed by atoms with E-state index < -0.39 is 18.0 Å². The second kappa shape index (κ2) is 10.2. The number of hydrogen-bond donors (Lipinski definition) is 4. The number of hydrogen-bond acceptors (Lipinski definition) is 7. The fourth-order valence-corrected chi connectivity index (χ4v) is 9.22. The van der Waals surface area contributed by atoms with E-state index in [4.69, 9.17) is 14.6 Å². The van der Waals surface area contributed by atoms with E-state index >= 15 is 0 Å². The Morgan fingerprint density at radius 3 is 2.54 bits per heavy atom. The number of carbonyl (C=O) groups excluding carboxylic acids is 1. The second-order valence-corrected chi connectivity index (χ2v) is 12.8. The smallest absolute Gasteiger partial charge is 0.305 e. The maximum Gasteiger partial charge on any atom is 0.305 e. The Kier molecular flexibility index (Phi) is 7.96. The monoisotopic (exact) mass is 496 g/mol. The summed E-state index contributed by atoms with van der Waals surface area (Å²) in [6.45, 7) is 7.13. The molecule has 0 saturated heterocycles. The summed E-state index contributed by atoms with van der Waals surface area (Å²) < 4.78 is 10.6. The van der Waals surface area contributed by atoms with Crippen LogP contribution in [0.25, 0.3) is 0 Å². The van der Waals surface area contributed by atoms with Gasteiger partial charge in [-0.05, 0) is 91.3 Å². The number of carbonyl (C=O) groups is 1. The van der Waals surface area contributed by atoms with Crippen LogP contribution in [0.2, 0.25) is 0 Å². The summed E-state index contributed by atoms with van der Waals surface area (Å²) >= 11 is 0. The van der Waals surface area contributed by atoms with Gasteiger partial charge in [0.2, 0.25) is 0 Å². The van der Waals surface area contributed by atoms with Crippen molar-refractivity contribution < 1.29 is 34.7 Å². The molecule has 0 aromatic heterocycles. The van der Waals surface area contributed by atoms with Crippen molar-refractivity contribution in [3.05, 3.63) is 0 Å². The number of esters is 1. The highest BCUT2D eigenvalue weighted by Gasteiger charge is 2.66. The van der Waals surface area contributed by atoms with Gasteiger partial charge in [-0.3, -0.25) is 4.79 Å². The molecule has 35 heavy (non-hydrogen) atoms. The van der Waals surface area contributed by atoms with Gasteiger partial charge in [0.25, 0.3) is 0 Å². The molecule has 4 N–H and O–H groups in total. The van der Waals surface area contributed by atoms with E-state index in [9.17, 15) is 20.1 Å². The average molecular weight is 497 g/mol. The molecule has 0 amide bonds. The number of rotatable bonds is 8. The van der Waals surface area contributed by atoms with Crippen LogP contribution >= 0.6 is 0 Å². The van der Waals surface area contributed by atoms with E-state index in [-0.39, 0.29) is 47.1 Å². The summed E-state index contributed by atoms with van der Waals surface area (Å²) in [6, 6.07) is 0. The largest absolute Gasteiger partial charge is 0.469 e. The van der Waals surface area contributed by atoms with Gasteiger partial charge >= 0.3 is 5.97 Å². The van der Waals surface area contributed by atoms with Crippen LogP contribution in [-0.2, 0) is 14.3 Å². The first kappa shape index (κ1) is 27.3. The number of aliphatic hydroxyl groups excluding tert-OH is 3. The summed E-state index contributed by atoms with van der Waals surface area (Å²) in [5, 5.41) is 43.4. The van der Waals surface area contributed by atoms with Crippen LogP contribution in [-0.4, -0.2) is 64.7 Å². The summed E-state index contributed by atoms with van der Waals surface area (Å²) in [7, 11) is 1.43. The first-order chi connectivity index (χ1) is 16.5. The van der Waals surface area contributed by atoms with Gasteiger partial charge in [0.15, 0.2) is 5.79 Å². The SMILES string of the molecule is COC(=O)CC[C@@H](C)[C@H]1CC[C@H]2[C@@H]3[C@H](O)C[C@@H]4C[C@@](O)(OCCCO)CC[C@]4(C)[C@H]3C[C@H](O)[C@]12C. The Hall–Kier alpha value is -0.730. The maximum absolute atomic E-state index is 11.7. The van der Waals surface area contributed by atoms with Crippen molar-refractivity contribution in [1.29, 1.82) is 0 Å². The Morgan fingerprint density at radius 2 is 1.86 bits per heavy atom. The molecule has 0 aromatic rings. The summed E-state index contributed by atoms with van der Waals surface area (Å²) in [5.41, 5.74) is -0.308. The fraction of sp³-hybridized carbons (Fsp3) is 0.964. The first-order valence-electron chi connectivity index (χ1n) is 13.9. The third kappa shape index (κ3) is 4.69. The normalized spacial score (nSPS) is 47.9. The van der Waals surface area contributed by atoms with Crippen LogP contribution in [0.5, 0.6) is 0 Å². The topological polar surface area (TPSA) is 116 Å². The third-order valence-corrected chi connectivity index (χ3v) is 11.3. The van der Waals surface area contributed by atoms with Crippen LogP contribution in [0, 0.1) is 46.3 Å². The first-order valence-corrected chi connectivity index (χ1v) is 13.9. The molecule has 4 saturated carbocycles. The van der Waals surface area contributed by atoms with Gasteiger partial charge in [-0.25, -0.2) is 0 Å². The third-order valence-electron chi connectivity index (χ3n) is 11.3. The highest BCUT2D eigenvalue weighted by molar-refractivity contribution is 5.69. The lowest BCUT2D eigenvalue weighted by Gasteiger charge is -2.64. The second-order valence-electron chi connectivity index (χ2n) is 12.8. The molecule has 4 rings (SSSR count). The van der Waals surface area contributed by atoms with Crippen LogP contribution in [0.3, 0.4) is 0 Å².